The van der Waals surface area contributed by atoms with Crippen molar-refractivity contribution in [3.05, 3.63) is 0 Å². The summed E-state index contributed by atoms with van der Waals surface area (Å²) in [5.41, 5.74) is 0.277. The van der Waals surface area contributed by atoms with Crippen molar-refractivity contribution >= 4 is 0 Å². The van der Waals surface area contributed by atoms with E-state index in [2.05, 4.69) is 44.8 Å². The summed E-state index contributed by atoms with van der Waals surface area (Å²) in [6.07, 6.45) is 4.37. The Morgan fingerprint density at radius 1 is 1.20 bits per heavy atom. The van der Waals surface area contributed by atoms with Gasteiger partial charge in [-0.3, -0.25) is 4.90 Å². The molecule has 1 saturated carbocycles. The van der Waals surface area contributed by atoms with Crippen LogP contribution in [0.4, 0.5) is 0 Å². The quantitative estimate of drug-likeness (QED) is 0.777. The first-order valence-corrected chi connectivity index (χ1v) is 8.50. The van der Waals surface area contributed by atoms with Gasteiger partial charge in [-0.25, -0.2) is 0 Å². The standard InChI is InChI=1S/C17H34N2O/c1-13(2)12-20-16-10-15(17(16,4)5)18-11-14(3)19-8-6-7-9-19/h13-16,18H,6-12H2,1-5H3. The molecule has 0 bridgehead atoms. The van der Waals surface area contributed by atoms with Gasteiger partial charge >= 0.3 is 0 Å². The van der Waals surface area contributed by atoms with Gasteiger partial charge in [-0.15, -0.1) is 0 Å². The van der Waals surface area contributed by atoms with Crippen LogP contribution in [0.25, 0.3) is 0 Å². The zero-order chi connectivity index (χ0) is 14.8. The van der Waals surface area contributed by atoms with E-state index in [9.17, 15) is 0 Å². The van der Waals surface area contributed by atoms with E-state index in [1.54, 1.807) is 0 Å². The lowest BCUT2D eigenvalue weighted by Crippen LogP contribution is -2.62. The normalized spacial score (nSPS) is 31.5. The largest absolute Gasteiger partial charge is 0.377 e. The molecule has 1 aliphatic carbocycles. The summed E-state index contributed by atoms with van der Waals surface area (Å²) in [5, 5.41) is 3.78. The van der Waals surface area contributed by atoms with Gasteiger partial charge in [0.2, 0.25) is 0 Å². The first kappa shape index (κ1) is 16.3. The van der Waals surface area contributed by atoms with Gasteiger partial charge < -0.3 is 10.1 Å². The third-order valence-corrected chi connectivity index (χ3v) is 5.23. The van der Waals surface area contributed by atoms with Gasteiger partial charge in [0, 0.05) is 30.7 Å². The number of hydrogen-bond acceptors (Lipinski definition) is 3. The van der Waals surface area contributed by atoms with E-state index in [0.29, 0.717) is 24.1 Å². The van der Waals surface area contributed by atoms with Crippen LogP contribution < -0.4 is 5.32 Å². The molecule has 0 amide bonds. The van der Waals surface area contributed by atoms with E-state index < -0.39 is 0 Å². The van der Waals surface area contributed by atoms with Crippen LogP contribution in [-0.2, 0) is 4.74 Å². The number of nitrogens with one attached hydrogen (secondary N) is 1. The Labute approximate surface area is 125 Å². The van der Waals surface area contributed by atoms with Crippen LogP contribution in [-0.4, -0.2) is 49.3 Å². The van der Waals surface area contributed by atoms with Gasteiger partial charge in [0.25, 0.3) is 0 Å². The Bertz CT molecular complexity index is 297. The van der Waals surface area contributed by atoms with Crippen LogP contribution in [0.1, 0.15) is 53.9 Å². The molecule has 0 aromatic rings. The Balaban J connectivity index is 1.69. The summed E-state index contributed by atoms with van der Waals surface area (Å²) < 4.78 is 6.04. The summed E-state index contributed by atoms with van der Waals surface area (Å²) in [5.74, 6) is 0.632. The lowest BCUT2D eigenvalue weighted by molar-refractivity contribution is -0.124. The molecule has 0 radical (unpaired) electrons. The summed E-state index contributed by atoms with van der Waals surface area (Å²) in [4.78, 5) is 2.62. The van der Waals surface area contributed by atoms with Crippen molar-refractivity contribution in [2.45, 2.75) is 72.1 Å². The minimum absolute atomic E-state index is 0.277. The minimum atomic E-state index is 0.277. The van der Waals surface area contributed by atoms with E-state index >= 15 is 0 Å². The predicted molar refractivity (Wildman–Crippen MR) is 85.0 cm³/mol. The maximum Gasteiger partial charge on any atom is 0.0656 e. The van der Waals surface area contributed by atoms with Crippen molar-refractivity contribution in [3.8, 4) is 0 Å². The van der Waals surface area contributed by atoms with Gasteiger partial charge in [-0.1, -0.05) is 27.7 Å². The predicted octanol–water partition coefficient (Wildman–Crippen LogP) is 2.90. The van der Waals surface area contributed by atoms with Gasteiger partial charge in [0.05, 0.1) is 6.10 Å². The number of likely N-dealkylation sites (tertiary alicyclic amines) is 1. The molecule has 2 aliphatic rings. The first-order valence-electron chi connectivity index (χ1n) is 8.50. The molecular formula is C17H34N2O. The zero-order valence-electron chi connectivity index (χ0n) is 14.1. The average Bonchev–Trinajstić information content (AvgIpc) is 2.90. The average molecular weight is 282 g/mol. The van der Waals surface area contributed by atoms with E-state index in [1.807, 2.05) is 0 Å². The molecule has 0 spiro atoms. The van der Waals surface area contributed by atoms with Crippen LogP contribution in [0.15, 0.2) is 0 Å². The molecule has 3 atom stereocenters. The fourth-order valence-electron chi connectivity index (χ4n) is 3.45. The summed E-state index contributed by atoms with van der Waals surface area (Å²) in [6, 6.07) is 1.29. The number of rotatable bonds is 7. The van der Waals surface area contributed by atoms with Gasteiger partial charge in [0.15, 0.2) is 0 Å². The fourth-order valence-corrected chi connectivity index (χ4v) is 3.45. The molecule has 3 nitrogen and oxygen atoms in total. The molecule has 1 saturated heterocycles. The first-order chi connectivity index (χ1) is 9.41. The smallest absolute Gasteiger partial charge is 0.0656 e. The molecule has 0 aromatic carbocycles. The molecule has 3 heteroatoms. The van der Waals surface area contributed by atoms with Crippen LogP contribution in [0, 0.1) is 11.3 Å². The van der Waals surface area contributed by atoms with Crippen molar-refractivity contribution < 1.29 is 4.74 Å². The second kappa shape index (κ2) is 6.76. The third kappa shape index (κ3) is 3.75. The number of nitrogens with zero attached hydrogens (tertiary/aromatic N) is 1. The lowest BCUT2D eigenvalue weighted by Gasteiger charge is -2.52. The maximum atomic E-state index is 6.04. The van der Waals surface area contributed by atoms with Gasteiger partial charge in [0.1, 0.15) is 0 Å². The topological polar surface area (TPSA) is 24.5 Å². The molecule has 20 heavy (non-hydrogen) atoms. The lowest BCUT2D eigenvalue weighted by atomic mass is 9.64. The highest BCUT2D eigenvalue weighted by atomic mass is 16.5. The van der Waals surface area contributed by atoms with E-state index in [-0.39, 0.29) is 5.41 Å². The number of hydrogen-bond donors (Lipinski definition) is 1. The van der Waals surface area contributed by atoms with E-state index in [4.69, 9.17) is 4.74 Å². The second-order valence-corrected chi connectivity index (χ2v) is 7.83. The Hall–Kier alpha value is -0.120. The monoisotopic (exact) mass is 282 g/mol. The zero-order valence-corrected chi connectivity index (χ0v) is 14.1. The van der Waals surface area contributed by atoms with Crippen molar-refractivity contribution in [1.82, 2.24) is 10.2 Å². The molecule has 1 aliphatic heterocycles. The van der Waals surface area contributed by atoms with E-state index in [1.165, 1.54) is 32.4 Å². The van der Waals surface area contributed by atoms with Crippen LogP contribution in [0.2, 0.25) is 0 Å². The fraction of sp³-hybridized carbons (Fsp3) is 1.00. The van der Waals surface area contributed by atoms with Gasteiger partial charge in [-0.2, -0.15) is 0 Å². The third-order valence-electron chi connectivity index (χ3n) is 5.23. The highest BCUT2D eigenvalue weighted by Crippen LogP contribution is 2.42. The molecule has 2 fully saturated rings. The highest BCUT2D eigenvalue weighted by Gasteiger charge is 2.48. The minimum Gasteiger partial charge on any atom is -0.377 e. The molecule has 3 unspecified atom stereocenters. The van der Waals surface area contributed by atoms with E-state index in [0.717, 1.165) is 13.2 Å². The second-order valence-electron chi connectivity index (χ2n) is 7.83. The molecule has 0 aromatic heterocycles. The van der Waals surface area contributed by atoms with Crippen molar-refractivity contribution in [2.24, 2.45) is 11.3 Å². The molecule has 1 N–H and O–H groups in total. The van der Waals surface area contributed by atoms with Crippen molar-refractivity contribution in [3.63, 3.8) is 0 Å². The number of ether oxygens (including phenoxy) is 1. The SMILES string of the molecule is CC(C)COC1CC(NCC(C)N2CCCC2)C1(C)C. The van der Waals surface area contributed by atoms with Crippen molar-refractivity contribution in [1.29, 1.82) is 0 Å². The Morgan fingerprint density at radius 3 is 2.40 bits per heavy atom. The molecular weight excluding hydrogens is 248 g/mol. The summed E-state index contributed by atoms with van der Waals surface area (Å²) in [6.45, 7) is 16.1. The van der Waals surface area contributed by atoms with Crippen LogP contribution in [0.5, 0.6) is 0 Å². The summed E-state index contributed by atoms with van der Waals surface area (Å²) in [7, 11) is 0. The summed E-state index contributed by atoms with van der Waals surface area (Å²) >= 11 is 0. The highest BCUT2D eigenvalue weighted by molar-refractivity contribution is 5.03. The van der Waals surface area contributed by atoms with Crippen LogP contribution >= 0.6 is 0 Å². The Kier molecular flexibility index (Phi) is 5.49. The molecule has 118 valence electrons. The Morgan fingerprint density at radius 2 is 1.85 bits per heavy atom. The van der Waals surface area contributed by atoms with Crippen LogP contribution in [0.3, 0.4) is 0 Å². The maximum absolute atomic E-state index is 6.04. The van der Waals surface area contributed by atoms with Crippen molar-refractivity contribution in [2.75, 3.05) is 26.2 Å². The molecule has 1 heterocycles. The van der Waals surface area contributed by atoms with Gasteiger partial charge in [-0.05, 0) is 45.2 Å². The molecule has 2 rings (SSSR count).